The Balaban J connectivity index is 2.59. The Morgan fingerprint density at radius 2 is 1.88 bits per heavy atom. The van der Waals surface area contributed by atoms with Gasteiger partial charge in [-0.05, 0) is 24.3 Å². The second-order valence-corrected chi connectivity index (χ2v) is 3.16. The quantitative estimate of drug-likeness (QED) is 0.854. The summed E-state index contributed by atoms with van der Waals surface area (Å²) in [5.41, 5.74) is 5.56. The van der Waals surface area contributed by atoms with Crippen molar-refractivity contribution >= 4 is 11.6 Å². The Hall–Kier alpha value is -1.76. The minimum absolute atomic E-state index is 0.154. The van der Waals surface area contributed by atoms with Crippen molar-refractivity contribution in [3.8, 4) is 5.75 Å². The summed E-state index contributed by atoms with van der Waals surface area (Å²) >= 11 is 0. The molecule has 3 N–H and O–H groups in total. The van der Waals surface area contributed by atoms with Crippen LogP contribution in [0.3, 0.4) is 0 Å². The summed E-state index contributed by atoms with van der Waals surface area (Å²) in [5.74, 6) is -0.633. The van der Waals surface area contributed by atoms with Gasteiger partial charge in [-0.2, -0.15) is 0 Å². The third kappa shape index (κ3) is 5.21. The molecule has 0 spiro atoms. The summed E-state index contributed by atoms with van der Waals surface area (Å²) in [6, 6.07) is 4.86. The number of carbonyl (C=O) groups excluding carboxylic acids is 1. The van der Waals surface area contributed by atoms with E-state index in [1.54, 1.807) is 0 Å². The summed E-state index contributed by atoms with van der Waals surface area (Å²) in [5, 5.41) is 2.48. The van der Waals surface area contributed by atoms with E-state index >= 15 is 0 Å². The lowest BCUT2D eigenvalue weighted by Crippen LogP contribution is -2.17. The highest BCUT2D eigenvalue weighted by atomic mass is 19.4. The average Bonchev–Trinajstić information content (AvgIpc) is 2.19. The van der Waals surface area contributed by atoms with Crippen molar-refractivity contribution in [2.45, 2.75) is 12.8 Å². The number of nitrogens with two attached hydrogens (primary N) is 1. The number of benzene rings is 1. The second kappa shape index (κ2) is 5.53. The van der Waals surface area contributed by atoms with E-state index in [0.29, 0.717) is 5.69 Å². The molecule has 0 aliphatic carbocycles. The van der Waals surface area contributed by atoms with Crippen molar-refractivity contribution in [3.63, 3.8) is 0 Å². The zero-order valence-electron chi connectivity index (χ0n) is 8.75. The number of halogens is 3. The lowest BCUT2D eigenvalue weighted by atomic mass is 10.3. The minimum Gasteiger partial charge on any atom is -0.406 e. The lowest BCUT2D eigenvalue weighted by Gasteiger charge is -2.09. The summed E-state index contributed by atoms with van der Waals surface area (Å²) in [6.45, 7) is 0.209. The molecule has 0 saturated carbocycles. The van der Waals surface area contributed by atoms with E-state index < -0.39 is 6.36 Å². The number of anilines is 1. The van der Waals surface area contributed by atoms with Gasteiger partial charge in [0.2, 0.25) is 5.91 Å². The third-order valence-corrected chi connectivity index (χ3v) is 1.74. The average molecular weight is 248 g/mol. The van der Waals surface area contributed by atoms with Gasteiger partial charge in [0, 0.05) is 18.7 Å². The smallest absolute Gasteiger partial charge is 0.406 e. The van der Waals surface area contributed by atoms with Crippen LogP contribution in [0.15, 0.2) is 24.3 Å². The normalized spacial score (nSPS) is 11.1. The maximum Gasteiger partial charge on any atom is 0.573 e. The van der Waals surface area contributed by atoms with Crippen LogP contribution in [0.1, 0.15) is 6.42 Å². The number of carbonyl (C=O) groups is 1. The maximum absolute atomic E-state index is 11.8. The standard InChI is InChI=1S/C10H11F3N2O2/c11-10(12,13)17-8-3-1-7(2-4-8)15-9(16)5-6-14/h1-4H,5-6,14H2,(H,15,16). The molecule has 0 saturated heterocycles. The first-order valence-electron chi connectivity index (χ1n) is 4.76. The van der Waals surface area contributed by atoms with Crippen molar-refractivity contribution in [2.24, 2.45) is 5.73 Å². The number of amides is 1. The van der Waals surface area contributed by atoms with E-state index in [-0.39, 0.29) is 24.6 Å². The van der Waals surface area contributed by atoms with Crippen LogP contribution >= 0.6 is 0 Å². The van der Waals surface area contributed by atoms with Crippen LogP contribution in [0.5, 0.6) is 5.75 Å². The Bertz CT molecular complexity index is 376. The first-order chi connectivity index (χ1) is 7.90. The topological polar surface area (TPSA) is 64.4 Å². The summed E-state index contributed by atoms with van der Waals surface area (Å²) in [6.07, 6.45) is -4.56. The fourth-order valence-corrected chi connectivity index (χ4v) is 1.09. The van der Waals surface area contributed by atoms with Gasteiger partial charge in [-0.15, -0.1) is 13.2 Å². The molecule has 1 rings (SSSR count). The largest absolute Gasteiger partial charge is 0.573 e. The van der Waals surface area contributed by atoms with Crippen molar-refractivity contribution in [1.82, 2.24) is 0 Å². The molecule has 0 heterocycles. The number of hydrogen-bond donors (Lipinski definition) is 2. The molecule has 0 atom stereocenters. The lowest BCUT2D eigenvalue weighted by molar-refractivity contribution is -0.274. The van der Waals surface area contributed by atoms with E-state index in [1.165, 1.54) is 12.1 Å². The van der Waals surface area contributed by atoms with Gasteiger partial charge in [0.1, 0.15) is 5.75 Å². The zero-order chi connectivity index (χ0) is 12.9. The molecule has 94 valence electrons. The molecular weight excluding hydrogens is 237 g/mol. The Morgan fingerprint density at radius 3 is 2.35 bits per heavy atom. The number of nitrogens with one attached hydrogen (secondary N) is 1. The Labute approximate surface area is 95.6 Å². The van der Waals surface area contributed by atoms with Gasteiger partial charge in [0.05, 0.1) is 0 Å². The van der Waals surface area contributed by atoms with Crippen molar-refractivity contribution in [1.29, 1.82) is 0 Å². The van der Waals surface area contributed by atoms with Crippen LogP contribution in [0.25, 0.3) is 0 Å². The molecule has 0 radical (unpaired) electrons. The highest BCUT2D eigenvalue weighted by molar-refractivity contribution is 5.90. The van der Waals surface area contributed by atoms with Crippen LogP contribution in [0, 0.1) is 0 Å². The van der Waals surface area contributed by atoms with Gasteiger partial charge in [-0.25, -0.2) is 0 Å². The summed E-state index contributed by atoms with van der Waals surface area (Å²) in [4.78, 5) is 11.1. The molecule has 0 aliphatic heterocycles. The molecule has 0 aliphatic rings. The zero-order valence-corrected chi connectivity index (χ0v) is 8.75. The Morgan fingerprint density at radius 1 is 1.29 bits per heavy atom. The van der Waals surface area contributed by atoms with Gasteiger partial charge in [-0.3, -0.25) is 4.79 Å². The fourth-order valence-electron chi connectivity index (χ4n) is 1.09. The maximum atomic E-state index is 11.8. The molecule has 0 aromatic heterocycles. The number of ether oxygens (including phenoxy) is 1. The summed E-state index contributed by atoms with van der Waals surface area (Å²) in [7, 11) is 0. The second-order valence-electron chi connectivity index (χ2n) is 3.16. The van der Waals surface area contributed by atoms with E-state index in [4.69, 9.17) is 5.73 Å². The monoisotopic (exact) mass is 248 g/mol. The number of rotatable bonds is 4. The molecule has 7 heteroatoms. The highest BCUT2D eigenvalue weighted by Gasteiger charge is 2.30. The molecule has 17 heavy (non-hydrogen) atoms. The van der Waals surface area contributed by atoms with Gasteiger partial charge >= 0.3 is 6.36 Å². The van der Waals surface area contributed by atoms with Crippen molar-refractivity contribution < 1.29 is 22.7 Å². The van der Waals surface area contributed by atoms with E-state index in [0.717, 1.165) is 12.1 Å². The van der Waals surface area contributed by atoms with Crippen LogP contribution in [-0.4, -0.2) is 18.8 Å². The van der Waals surface area contributed by atoms with Crippen LogP contribution in [0.4, 0.5) is 18.9 Å². The van der Waals surface area contributed by atoms with Crippen LogP contribution in [-0.2, 0) is 4.79 Å². The van der Waals surface area contributed by atoms with E-state index in [2.05, 4.69) is 10.1 Å². The van der Waals surface area contributed by atoms with Gasteiger partial charge in [-0.1, -0.05) is 0 Å². The van der Waals surface area contributed by atoms with Gasteiger partial charge in [0.25, 0.3) is 0 Å². The molecule has 0 bridgehead atoms. The SMILES string of the molecule is NCCC(=O)Nc1ccc(OC(F)(F)F)cc1. The Kier molecular flexibility index (Phi) is 4.33. The van der Waals surface area contributed by atoms with Gasteiger partial charge in [0.15, 0.2) is 0 Å². The first kappa shape index (κ1) is 13.3. The molecule has 0 unspecified atom stereocenters. The minimum atomic E-state index is -4.72. The van der Waals surface area contributed by atoms with Crippen LogP contribution < -0.4 is 15.8 Å². The molecule has 0 fully saturated rings. The van der Waals surface area contributed by atoms with Crippen LogP contribution in [0.2, 0.25) is 0 Å². The highest BCUT2D eigenvalue weighted by Crippen LogP contribution is 2.23. The molecule has 1 aromatic rings. The number of hydrogen-bond acceptors (Lipinski definition) is 3. The first-order valence-corrected chi connectivity index (χ1v) is 4.76. The molecular formula is C10H11F3N2O2. The predicted molar refractivity (Wildman–Crippen MR) is 55.4 cm³/mol. The molecule has 1 aromatic carbocycles. The van der Waals surface area contributed by atoms with E-state index in [1.807, 2.05) is 0 Å². The van der Waals surface area contributed by atoms with Crippen molar-refractivity contribution in [3.05, 3.63) is 24.3 Å². The van der Waals surface area contributed by atoms with Gasteiger partial charge < -0.3 is 15.8 Å². The summed E-state index contributed by atoms with van der Waals surface area (Å²) < 4.78 is 39.2. The van der Waals surface area contributed by atoms with Crippen molar-refractivity contribution in [2.75, 3.05) is 11.9 Å². The van der Waals surface area contributed by atoms with E-state index in [9.17, 15) is 18.0 Å². The molecule has 1 amide bonds. The fraction of sp³-hybridized carbons (Fsp3) is 0.300. The molecule has 4 nitrogen and oxygen atoms in total. The third-order valence-electron chi connectivity index (χ3n) is 1.74. The number of alkyl halides is 3. The predicted octanol–water partition coefficient (Wildman–Crippen LogP) is 1.87.